The molecule has 0 aromatic heterocycles. The smallest absolute Gasteiger partial charge is 0.305 e. The number of aliphatic hydroxyl groups is 2. The molecule has 0 heterocycles. The van der Waals surface area contributed by atoms with Crippen molar-refractivity contribution < 1.29 is 24.5 Å². The molecular formula is C69H133NO5. The summed E-state index contributed by atoms with van der Waals surface area (Å²) >= 11 is 0. The van der Waals surface area contributed by atoms with Crippen molar-refractivity contribution in [2.24, 2.45) is 0 Å². The molecule has 0 spiro atoms. The Balaban J connectivity index is 3.41. The number of hydrogen-bond acceptors (Lipinski definition) is 5. The van der Waals surface area contributed by atoms with E-state index in [-0.39, 0.29) is 18.5 Å². The molecule has 1 amide bonds. The molecule has 444 valence electrons. The van der Waals surface area contributed by atoms with Crippen LogP contribution in [0.25, 0.3) is 0 Å². The highest BCUT2D eigenvalue weighted by Crippen LogP contribution is 2.18. The van der Waals surface area contributed by atoms with Gasteiger partial charge in [0.25, 0.3) is 0 Å². The van der Waals surface area contributed by atoms with Crippen molar-refractivity contribution in [3.63, 3.8) is 0 Å². The monoisotopic (exact) mass is 1060 g/mol. The maximum absolute atomic E-state index is 12.5. The van der Waals surface area contributed by atoms with Gasteiger partial charge >= 0.3 is 5.97 Å². The molecule has 0 bridgehead atoms. The molecule has 6 heteroatoms. The predicted octanol–water partition coefficient (Wildman–Crippen LogP) is 21.8. The zero-order valence-electron chi connectivity index (χ0n) is 50.8. The Morgan fingerprint density at radius 1 is 0.360 bits per heavy atom. The van der Waals surface area contributed by atoms with Crippen molar-refractivity contribution in [3.8, 4) is 0 Å². The van der Waals surface area contributed by atoms with Gasteiger partial charge in [-0.1, -0.05) is 334 Å². The van der Waals surface area contributed by atoms with Crippen LogP contribution < -0.4 is 5.32 Å². The van der Waals surface area contributed by atoms with E-state index in [2.05, 4.69) is 31.3 Å². The van der Waals surface area contributed by atoms with E-state index in [1.54, 1.807) is 6.08 Å². The lowest BCUT2D eigenvalue weighted by Gasteiger charge is -2.20. The Labute approximate surface area is 469 Å². The van der Waals surface area contributed by atoms with Crippen LogP contribution >= 0.6 is 0 Å². The molecule has 0 saturated carbocycles. The number of hydrogen-bond donors (Lipinski definition) is 3. The van der Waals surface area contributed by atoms with E-state index in [4.69, 9.17) is 4.74 Å². The first-order valence-electron chi connectivity index (χ1n) is 34.1. The molecule has 0 aliphatic heterocycles. The van der Waals surface area contributed by atoms with Gasteiger partial charge in [0.15, 0.2) is 0 Å². The number of carbonyl (C=O) groups is 2. The number of unbranched alkanes of at least 4 members (excludes halogenated alkanes) is 51. The largest absolute Gasteiger partial charge is 0.466 e. The van der Waals surface area contributed by atoms with Gasteiger partial charge in [-0.05, 0) is 57.8 Å². The van der Waals surface area contributed by atoms with Crippen molar-refractivity contribution in [2.75, 3.05) is 13.2 Å². The Morgan fingerprint density at radius 3 is 0.947 bits per heavy atom. The molecule has 0 radical (unpaired) electrons. The first kappa shape index (κ1) is 73.3. The second kappa shape index (κ2) is 64.9. The third-order valence-corrected chi connectivity index (χ3v) is 16.0. The molecule has 2 unspecified atom stereocenters. The molecule has 6 nitrogen and oxygen atoms in total. The topological polar surface area (TPSA) is 95.9 Å². The highest BCUT2D eigenvalue weighted by molar-refractivity contribution is 5.76. The maximum Gasteiger partial charge on any atom is 0.305 e. The van der Waals surface area contributed by atoms with Crippen molar-refractivity contribution in [1.29, 1.82) is 0 Å². The highest BCUT2D eigenvalue weighted by Gasteiger charge is 2.18. The van der Waals surface area contributed by atoms with Gasteiger partial charge in [-0.2, -0.15) is 0 Å². The lowest BCUT2D eigenvalue weighted by atomic mass is 10.0. The van der Waals surface area contributed by atoms with Crippen LogP contribution in [-0.4, -0.2) is 47.4 Å². The minimum absolute atomic E-state index is 0.0166. The maximum atomic E-state index is 12.5. The number of allylic oxidation sites excluding steroid dienone is 3. The Morgan fingerprint density at radius 2 is 0.627 bits per heavy atom. The van der Waals surface area contributed by atoms with E-state index in [1.807, 2.05) is 6.08 Å². The average Bonchev–Trinajstić information content (AvgIpc) is 3.41. The average molecular weight is 1060 g/mol. The van der Waals surface area contributed by atoms with Crippen LogP contribution in [0, 0.1) is 0 Å². The number of nitrogens with one attached hydrogen (secondary N) is 1. The van der Waals surface area contributed by atoms with E-state index in [0.29, 0.717) is 19.4 Å². The van der Waals surface area contributed by atoms with E-state index in [1.165, 1.54) is 315 Å². The molecule has 0 aromatic rings. The molecule has 0 aromatic carbocycles. The second-order valence-electron chi connectivity index (χ2n) is 23.5. The third kappa shape index (κ3) is 61.4. The molecule has 0 fully saturated rings. The summed E-state index contributed by atoms with van der Waals surface area (Å²) in [6.07, 6.45) is 81.0. The Bertz CT molecular complexity index is 1170. The molecule has 0 saturated heterocycles. The zero-order valence-corrected chi connectivity index (χ0v) is 50.8. The van der Waals surface area contributed by atoms with Crippen LogP contribution in [0.3, 0.4) is 0 Å². The summed E-state index contributed by atoms with van der Waals surface area (Å²) in [5.41, 5.74) is 0. The molecule has 3 N–H and O–H groups in total. The second-order valence-corrected chi connectivity index (χ2v) is 23.5. The van der Waals surface area contributed by atoms with Gasteiger partial charge in [-0.3, -0.25) is 9.59 Å². The molecular weight excluding hydrogens is 923 g/mol. The zero-order chi connectivity index (χ0) is 54.3. The number of amides is 1. The molecule has 0 aliphatic rings. The van der Waals surface area contributed by atoms with Gasteiger partial charge in [0.1, 0.15) is 0 Å². The first-order valence-corrected chi connectivity index (χ1v) is 34.1. The van der Waals surface area contributed by atoms with Crippen molar-refractivity contribution in [2.45, 2.75) is 392 Å². The lowest BCUT2D eigenvalue weighted by Crippen LogP contribution is -2.45. The molecule has 2 atom stereocenters. The van der Waals surface area contributed by atoms with Crippen molar-refractivity contribution in [3.05, 3.63) is 24.3 Å². The van der Waals surface area contributed by atoms with Crippen LogP contribution in [0.4, 0.5) is 0 Å². The summed E-state index contributed by atoms with van der Waals surface area (Å²) in [6, 6.07) is -0.630. The SMILES string of the molecule is CCCCCCCCCCCCCCCCCC/C=C/C(O)C(CO)NC(=O)CCCCCCCCCCC/C=C\CCCCCCCCCCCCCCOC(=O)CCCCCCCCCCCCCCCCC. The van der Waals surface area contributed by atoms with Gasteiger partial charge in [0.2, 0.25) is 5.91 Å². The normalized spacial score (nSPS) is 12.6. The summed E-state index contributed by atoms with van der Waals surface area (Å²) in [6.45, 7) is 4.94. The summed E-state index contributed by atoms with van der Waals surface area (Å²) in [4.78, 5) is 24.6. The van der Waals surface area contributed by atoms with Crippen LogP contribution in [-0.2, 0) is 14.3 Å². The van der Waals surface area contributed by atoms with Gasteiger partial charge in [-0.25, -0.2) is 0 Å². The molecule has 0 aliphatic carbocycles. The molecule has 75 heavy (non-hydrogen) atoms. The van der Waals surface area contributed by atoms with Crippen molar-refractivity contribution in [1.82, 2.24) is 5.32 Å². The minimum Gasteiger partial charge on any atom is -0.466 e. The van der Waals surface area contributed by atoms with Crippen LogP contribution in [0.1, 0.15) is 380 Å². The summed E-state index contributed by atoms with van der Waals surface area (Å²) in [5, 5.41) is 23.2. The number of ether oxygens (including phenoxy) is 1. The standard InChI is InChI=1S/C69H133NO5/c1-3-5-7-9-11-13-15-17-19-20-30-34-37-41-45-49-53-57-61-67(72)66(65-71)70-68(73)62-58-54-50-46-42-38-35-31-28-26-24-22-21-23-25-27-29-32-36-40-44-48-52-56-60-64-75-69(74)63-59-55-51-47-43-39-33-18-16-14-12-10-8-6-4-2/h22,24,57,61,66-67,71-72H,3-21,23,25-56,58-60,62-65H2,1-2H3,(H,70,73)/b24-22-,61-57+. The third-order valence-electron chi connectivity index (χ3n) is 16.0. The summed E-state index contributed by atoms with van der Waals surface area (Å²) in [7, 11) is 0. The van der Waals surface area contributed by atoms with E-state index < -0.39 is 12.1 Å². The quantitative estimate of drug-likeness (QED) is 0.0320. The van der Waals surface area contributed by atoms with Gasteiger partial charge in [0, 0.05) is 12.8 Å². The van der Waals surface area contributed by atoms with Gasteiger partial charge in [-0.15, -0.1) is 0 Å². The van der Waals surface area contributed by atoms with Crippen LogP contribution in [0.15, 0.2) is 24.3 Å². The fourth-order valence-corrected chi connectivity index (χ4v) is 10.7. The van der Waals surface area contributed by atoms with Crippen molar-refractivity contribution >= 4 is 11.9 Å². The van der Waals surface area contributed by atoms with E-state index in [9.17, 15) is 19.8 Å². The highest BCUT2D eigenvalue weighted by atomic mass is 16.5. The first-order chi connectivity index (χ1) is 37.0. The Kier molecular flexibility index (Phi) is 63.4. The lowest BCUT2D eigenvalue weighted by molar-refractivity contribution is -0.143. The van der Waals surface area contributed by atoms with E-state index >= 15 is 0 Å². The van der Waals surface area contributed by atoms with Crippen LogP contribution in [0.5, 0.6) is 0 Å². The summed E-state index contributed by atoms with van der Waals surface area (Å²) < 4.78 is 5.49. The summed E-state index contributed by atoms with van der Waals surface area (Å²) in [5.74, 6) is -0.0514. The number of carbonyl (C=O) groups excluding carboxylic acids is 2. The van der Waals surface area contributed by atoms with Crippen LogP contribution in [0.2, 0.25) is 0 Å². The predicted molar refractivity (Wildman–Crippen MR) is 329 cm³/mol. The minimum atomic E-state index is -0.847. The number of aliphatic hydroxyl groups excluding tert-OH is 2. The Hall–Kier alpha value is -1.66. The molecule has 0 rings (SSSR count). The number of esters is 1. The fourth-order valence-electron chi connectivity index (χ4n) is 10.7. The van der Waals surface area contributed by atoms with Gasteiger partial charge < -0.3 is 20.3 Å². The van der Waals surface area contributed by atoms with E-state index in [0.717, 1.165) is 38.5 Å². The fraction of sp³-hybridized carbons (Fsp3) is 0.913. The number of rotatable bonds is 64. The van der Waals surface area contributed by atoms with Gasteiger partial charge in [0.05, 0.1) is 25.4 Å².